The summed E-state index contributed by atoms with van der Waals surface area (Å²) in [5.74, 6) is -0.239. The van der Waals surface area contributed by atoms with Gasteiger partial charge in [-0.1, -0.05) is 6.07 Å². The highest BCUT2D eigenvalue weighted by molar-refractivity contribution is 5.96. The summed E-state index contributed by atoms with van der Waals surface area (Å²) in [6.45, 7) is -0.224. The molecule has 0 heterocycles. The van der Waals surface area contributed by atoms with Gasteiger partial charge >= 0.3 is 5.97 Å². The van der Waals surface area contributed by atoms with E-state index >= 15 is 0 Å². The van der Waals surface area contributed by atoms with Crippen LogP contribution < -0.4 is 20.5 Å². The summed E-state index contributed by atoms with van der Waals surface area (Å²) < 4.78 is 15.3. The van der Waals surface area contributed by atoms with Gasteiger partial charge in [-0.3, -0.25) is 14.9 Å². The minimum atomic E-state index is -0.916. The van der Waals surface area contributed by atoms with Crippen molar-refractivity contribution in [3.8, 4) is 11.5 Å². The summed E-state index contributed by atoms with van der Waals surface area (Å²) in [4.78, 5) is 34.1. The van der Waals surface area contributed by atoms with Gasteiger partial charge in [0.05, 0.1) is 24.7 Å². The first-order valence-electron chi connectivity index (χ1n) is 8.54. The number of carbonyl (C=O) groups is 2. The monoisotopic (exact) mass is 403 g/mol. The van der Waals surface area contributed by atoms with Crippen molar-refractivity contribution in [3.05, 3.63) is 57.6 Å². The SMILES string of the molecule is COc1ccc(CCNC(=O)COC(=O)c2cc([N+](=O)[O-])ccc2N)cc1OC. The Balaban J connectivity index is 1.84. The maximum absolute atomic E-state index is 12.0. The molecule has 0 saturated carbocycles. The van der Waals surface area contributed by atoms with Gasteiger partial charge in [-0.15, -0.1) is 0 Å². The van der Waals surface area contributed by atoms with Crippen LogP contribution in [0.5, 0.6) is 11.5 Å². The van der Waals surface area contributed by atoms with E-state index in [1.165, 1.54) is 19.2 Å². The Kier molecular flexibility index (Phi) is 7.35. The molecule has 0 bridgehead atoms. The summed E-state index contributed by atoms with van der Waals surface area (Å²) >= 11 is 0. The number of esters is 1. The van der Waals surface area contributed by atoms with Crippen LogP contribution in [0.4, 0.5) is 11.4 Å². The number of hydrogen-bond acceptors (Lipinski definition) is 8. The molecular weight excluding hydrogens is 382 g/mol. The third-order valence-electron chi connectivity index (χ3n) is 3.99. The zero-order chi connectivity index (χ0) is 21.4. The Morgan fingerprint density at radius 1 is 1.10 bits per heavy atom. The molecule has 0 aliphatic heterocycles. The average Bonchev–Trinajstić information content (AvgIpc) is 2.71. The number of nitrogen functional groups attached to an aromatic ring is 1. The number of benzene rings is 2. The molecule has 0 fully saturated rings. The van der Waals surface area contributed by atoms with Crippen molar-refractivity contribution in [2.75, 3.05) is 33.1 Å². The Labute approximate surface area is 166 Å². The Hall–Kier alpha value is -3.82. The van der Waals surface area contributed by atoms with E-state index in [0.717, 1.165) is 11.6 Å². The van der Waals surface area contributed by atoms with Crippen LogP contribution >= 0.6 is 0 Å². The summed E-state index contributed by atoms with van der Waals surface area (Å²) in [6, 6.07) is 8.83. The van der Waals surface area contributed by atoms with E-state index in [4.69, 9.17) is 19.9 Å². The lowest BCUT2D eigenvalue weighted by Gasteiger charge is -2.10. The lowest BCUT2D eigenvalue weighted by atomic mass is 10.1. The number of ether oxygens (including phenoxy) is 3. The van der Waals surface area contributed by atoms with Gasteiger partial charge in [-0.25, -0.2) is 4.79 Å². The van der Waals surface area contributed by atoms with Gasteiger partial charge in [0, 0.05) is 24.4 Å². The van der Waals surface area contributed by atoms with Crippen LogP contribution in [0.15, 0.2) is 36.4 Å². The van der Waals surface area contributed by atoms with Crippen LogP contribution in [-0.2, 0) is 16.0 Å². The number of carbonyl (C=O) groups excluding carboxylic acids is 2. The highest BCUT2D eigenvalue weighted by Gasteiger charge is 2.17. The molecule has 0 unspecified atom stereocenters. The van der Waals surface area contributed by atoms with Crippen LogP contribution in [0.1, 0.15) is 15.9 Å². The van der Waals surface area contributed by atoms with Crippen molar-refractivity contribution < 1.29 is 28.7 Å². The zero-order valence-electron chi connectivity index (χ0n) is 16.0. The fourth-order valence-corrected chi connectivity index (χ4v) is 2.48. The van der Waals surface area contributed by atoms with E-state index in [2.05, 4.69) is 5.32 Å². The molecule has 2 aromatic rings. The standard InChI is InChI=1S/C19H21N3O7/c1-27-16-6-3-12(9-17(16)28-2)7-8-21-18(23)11-29-19(24)14-10-13(22(25)26)4-5-15(14)20/h3-6,9-10H,7-8,11,20H2,1-2H3,(H,21,23). The molecule has 0 saturated heterocycles. The van der Waals surface area contributed by atoms with Crippen molar-refractivity contribution >= 4 is 23.3 Å². The topological polar surface area (TPSA) is 143 Å². The number of non-ortho nitro benzene ring substituents is 1. The molecule has 2 aromatic carbocycles. The largest absolute Gasteiger partial charge is 0.493 e. The molecule has 1 amide bonds. The van der Waals surface area contributed by atoms with E-state index in [-0.39, 0.29) is 16.9 Å². The molecular formula is C19H21N3O7. The van der Waals surface area contributed by atoms with Crippen molar-refractivity contribution in [1.29, 1.82) is 0 Å². The van der Waals surface area contributed by atoms with E-state index in [1.807, 2.05) is 6.07 Å². The molecule has 0 spiro atoms. The Bertz CT molecular complexity index is 915. The Morgan fingerprint density at radius 3 is 2.48 bits per heavy atom. The number of nitrogens with one attached hydrogen (secondary N) is 1. The summed E-state index contributed by atoms with van der Waals surface area (Å²) in [6.07, 6.45) is 0.526. The first kappa shape index (κ1) is 21.5. The second-order valence-corrected chi connectivity index (χ2v) is 5.89. The second kappa shape index (κ2) is 9.93. The quantitative estimate of drug-likeness (QED) is 0.279. The summed E-state index contributed by atoms with van der Waals surface area (Å²) in [7, 11) is 3.08. The fraction of sp³-hybridized carbons (Fsp3) is 0.263. The van der Waals surface area contributed by atoms with E-state index in [1.54, 1.807) is 19.2 Å². The van der Waals surface area contributed by atoms with Crippen LogP contribution in [0.25, 0.3) is 0 Å². The minimum absolute atomic E-state index is 0.0226. The van der Waals surface area contributed by atoms with Crippen molar-refractivity contribution in [1.82, 2.24) is 5.32 Å². The Morgan fingerprint density at radius 2 is 1.83 bits per heavy atom. The number of rotatable bonds is 9. The third-order valence-corrected chi connectivity index (χ3v) is 3.99. The smallest absolute Gasteiger partial charge is 0.341 e. The molecule has 10 heteroatoms. The van der Waals surface area contributed by atoms with Gasteiger partial charge in [-0.2, -0.15) is 0 Å². The van der Waals surface area contributed by atoms with Crippen LogP contribution in [0.2, 0.25) is 0 Å². The minimum Gasteiger partial charge on any atom is -0.493 e. The number of hydrogen-bond donors (Lipinski definition) is 2. The van der Waals surface area contributed by atoms with Gasteiger partial charge < -0.3 is 25.3 Å². The summed E-state index contributed by atoms with van der Waals surface area (Å²) in [5, 5.41) is 13.4. The number of methoxy groups -OCH3 is 2. The number of anilines is 1. The van der Waals surface area contributed by atoms with Crippen molar-refractivity contribution in [2.45, 2.75) is 6.42 Å². The van der Waals surface area contributed by atoms with Gasteiger partial charge in [-0.05, 0) is 30.2 Å². The lowest BCUT2D eigenvalue weighted by Crippen LogP contribution is -2.30. The number of nitrogens with two attached hydrogens (primary N) is 1. The molecule has 0 aromatic heterocycles. The fourth-order valence-electron chi connectivity index (χ4n) is 2.48. The first-order chi connectivity index (χ1) is 13.8. The molecule has 0 aliphatic rings. The molecule has 0 radical (unpaired) electrons. The second-order valence-electron chi connectivity index (χ2n) is 5.89. The highest BCUT2D eigenvalue weighted by Crippen LogP contribution is 2.27. The maximum Gasteiger partial charge on any atom is 0.341 e. The average molecular weight is 403 g/mol. The molecule has 0 atom stereocenters. The van der Waals surface area contributed by atoms with E-state index in [0.29, 0.717) is 24.5 Å². The molecule has 10 nitrogen and oxygen atoms in total. The molecule has 29 heavy (non-hydrogen) atoms. The van der Waals surface area contributed by atoms with Gasteiger partial charge in [0.2, 0.25) is 0 Å². The van der Waals surface area contributed by atoms with Gasteiger partial charge in [0.15, 0.2) is 18.1 Å². The molecule has 3 N–H and O–H groups in total. The molecule has 2 rings (SSSR count). The number of nitrogens with zero attached hydrogens (tertiary/aromatic N) is 1. The van der Waals surface area contributed by atoms with Crippen LogP contribution in [0.3, 0.4) is 0 Å². The van der Waals surface area contributed by atoms with Crippen molar-refractivity contribution in [2.24, 2.45) is 0 Å². The van der Waals surface area contributed by atoms with Crippen LogP contribution in [-0.4, -0.2) is 44.2 Å². The zero-order valence-corrected chi connectivity index (χ0v) is 16.0. The predicted molar refractivity (Wildman–Crippen MR) is 104 cm³/mol. The highest BCUT2D eigenvalue weighted by atomic mass is 16.6. The lowest BCUT2D eigenvalue weighted by molar-refractivity contribution is -0.384. The number of nitro benzene ring substituents is 1. The summed E-state index contributed by atoms with van der Waals surface area (Å²) in [5.41, 5.74) is 6.12. The number of nitro groups is 1. The normalized spacial score (nSPS) is 10.1. The molecule has 154 valence electrons. The molecule has 0 aliphatic carbocycles. The third kappa shape index (κ3) is 5.83. The predicted octanol–water partition coefficient (Wildman–Crippen LogP) is 1.71. The first-order valence-corrected chi connectivity index (χ1v) is 8.54. The van der Waals surface area contributed by atoms with Gasteiger partial charge in [0.1, 0.15) is 0 Å². The van der Waals surface area contributed by atoms with E-state index in [9.17, 15) is 19.7 Å². The van der Waals surface area contributed by atoms with E-state index < -0.39 is 23.4 Å². The maximum atomic E-state index is 12.0. The van der Waals surface area contributed by atoms with Gasteiger partial charge in [0.25, 0.3) is 11.6 Å². The van der Waals surface area contributed by atoms with Crippen LogP contribution in [0, 0.1) is 10.1 Å². The number of amides is 1. The van der Waals surface area contributed by atoms with Crippen molar-refractivity contribution in [3.63, 3.8) is 0 Å².